The van der Waals surface area contributed by atoms with E-state index in [0.29, 0.717) is 6.04 Å². The maximum atomic E-state index is 6.31. The summed E-state index contributed by atoms with van der Waals surface area (Å²) in [5, 5.41) is 3.55. The molecule has 1 aliphatic carbocycles. The summed E-state index contributed by atoms with van der Waals surface area (Å²) in [5.74, 6) is 0.843. The fraction of sp³-hybridized carbons (Fsp3) is 0.684. The summed E-state index contributed by atoms with van der Waals surface area (Å²) in [7, 11) is 2.08. The van der Waals surface area contributed by atoms with Crippen LogP contribution in [0.15, 0.2) is 24.3 Å². The zero-order valence-corrected chi connectivity index (χ0v) is 14.1. The molecule has 0 amide bonds. The number of benzene rings is 1. The Hall–Kier alpha value is -0.860. The van der Waals surface area contributed by atoms with E-state index in [1.165, 1.54) is 36.8 Å². The van der Waals surface area contributed by atoms with Crippen molar-refractivity contribution in [2.45, 2.75) is 64.5 Å². The van der Waals surface area contributed by atoms with Crippen molar-refractivity contribution in [1.29, 1.82) is 0 Å². The fourth-order valence-electron chi connectivity index (χ4n) is 3.64. The number of hydrogen-bond donors (Lipinski definition) is 1. The van der Waals surface area contributed by atoms with E-state index < -0.39 is 0 Å². The lowest BCUT2D eigenvalue weighted by atomic mass is 9.73. The van der Waals surface area contributed by atoms with Crippen LogP contribution in [0.3, 0.4) is 0 Å². The lowest BCUT2D eigenvalue weighted by molar-refractivity contribution is -0.0947. The molecule has 2 rings (SSSR count). The van der Waals surface area contributed by atoms with Crippen LogP contribution in [-0.4, -0.2) is 25.3 Å². The SMILES string of the molecule is CCOC1(C(Cc2ccc(C)cc2)NC)CCC(C)CC1. The Bertz CT molecular complexity index is 418. The van der Waals surface area contributed by atoms with Crippen LogP contribution in [-0.2, 0) is 11.2 Å². The molecule has 1 fully saturated rings. The van der Waals surface area contributed by atoms with Crippen molar-refractivity contribution in [1.82, 2.24) is 5.32 Å². The normalized spacial score (nSPS) is 27.5. The van der Waals surface area contributed by atoms with Crippen LogP contribution in [0.4, 0.5) is 0 Å². The molecule has 0 aromatic heterocycles. The van der Waals surface area contributed by atoms with E-state index in [-0.39, 0.29) is 5.60 Å². The van der Waals surface area contributed by atoms with Crippen molar-refractivity contribution in [2.75, 3.05) is 13.7 Å². The topological polar surface area (TPSA) is 21.3 Å². The third kappa shape index (κ3) is 4.08. The second-order valence-corrected chi connectivity index (χ2v) is 6.71. The molecule has 1 saturated carbocycles. The average Bonchev–Trinajstić information content (AvgIpc) is 2.49. The molecule has 0 radical (unpaired) electrons. The zero-order valence-electron chi connectivity index (χ0n) is 14.1. The Morgan fingerprint density at radius 3 is 2.38 bits per heavy atom. The molecule has 118 valence electrons. The van der Waals surface area contributed by atoms with Gasteiger partial charge in [-0.15, -0.1) is 0 Å². The zero-order chi connectivity index (χ0) is 15.3. The third-order valence-corrected chi connectivity index (χ3v) is 5.10. The number of rotatable bonds is 6. The van der Waals surface area contributed by atoms with Crippen molar-refractivity contribution in [3.05, 3.63) is 35.4 Å². The molecular weight excluding hydrogens is 258 g/mol. The Balaban J connectivity index is 2.13. The van der Waals surface area contributed by atoms with Gasteiger partial charge in [-0.05, 0) is 64.5 Å². The highest BCUT2D eigenvalue weighted by molar-refractivity contribution is 5.23. The molecule has 0 aliphatic heterocycles. The smallest absolute Gasteiger partial charge is 0.0837 e. The maximum absolute atomic E-state index is 6.31. The highest BCUT2D eigenvalue weighted by atomic mass is 16.5. The van der Waals surface area contributed by atoms with Gasteiger partial charge in [0.1, 0.15) is 0 Å². The quantitative estimate of drug-likeness (QED) is 0.851. The summed E-state index contributed by atoms with van der Waals surface area (Å²) in [6, 6.07) is 9.32. The van der Waals surface area contributed by atoms with Crippen LogP contribution in [0.2, 0.25) is 0 Å². The second-order valence-electron chi connectivity index (χ2n) is 6.71. The van der Waals surface area contributed by atoms with Crippen molar-refractivity contribution >= 4 is 0 Å². The molecule has 0 heterocycles. The summed E-state index contributed by atoms with van der Waals surface area (Å²) >= 11 is 0. The van der Waals surface area contributed by atoms with E-state index in [1.54, 1.807) is 0 Å². The molecule has 1 unspecified atom stereocenters. The van der Waals surface area contributed by atoms with Gasteiger partial charge in [-0.25, -0.2) is 0 Å². The van der Waals surface area contributed by atoms with Gasteiger partial charge in [-0.2, -0.15) is 0 Å². The van der Waals surface area contributed by atoms with Gasteiger partial charge in [0.25, 0.3) is 0 Å². The minimum absolute atomic E-state index is 0.0148. The predicted molar refractivity (Wildman–Crippen MR) is 89.7 cm³/mol. The van der Waals surface area contributed by atoms with Crippen LogP contribution < -0.4 is 5.32 Å². The molecule has 2 heteroatoms. The molecule has 0 bridgehead atoms. The standard InChI is InChI=1S/C19H31NO/c1-5-21-19(12-10-16(3)11-13-19)18(20-4)14-17-8-6-15(2)7-9-17/h6-9,16,18,20H,5,10-14H2,1-4H3. The predicted octanol–water partition coefficient (Wildman–Crippen LogP) is 4.11. The molecule has 1 aromatic carbocycles. The van der Waals surface area contributed by atoms with Crippen molar-refractivity contribution in [3.8, 4) is 0 Å². The van der Waals surface area contributed by atoms with Gasteiger partial charge in [0.15, 0.2) is 0 Å². The number of ether oxygens (including phenoxy) is 1. The monoisotopic (exact) mass is 289 g/mol. The molecule has 1 atom stereocenters. The molecule has 2 nitrogen and oxygen atoms in total. The van der Waals surface area contributed by atoms with Crippen molar-refractivity contribution in [2.24, 2.45) is 5.92 Å². The van der Waals surface area contributed by atoms with Crippen molar-refractivity contribution < 1.29 is 4.74 Å². The number of aryl methyl sites for hydroxylation is 1. The van der Waals surface area contributed by atoms with Gasteiger partial charge in [-0.1, -0.05) is 36.8 Å². The van der Waals surface area contributed by atoms with Gasteiger partial charge in [0, 0.05) is 12.6 Å². The van der Waals surface area contributed by atoms with E-state index in [2.05, 4.69) is 57.4 Å². The van der Waals surface area contributed by atoms with Gasteiger partial charge < -0.3 is 10.1 Å². The first kappa shape index (κ1) is 16.5. The Kier molecular flexibility index (Phi) is 5.83. The van der Waals surface area contributed by atoms with Crippen molar-refractivity contribution in [3.63, 3.8) is 0 Å². The van der Waals surface area contributed by atoms with Crippen LogP contribution in [0.1, 0.15) is 50.7 Å². The molecule has 21 heavy (non-hydrogen) atoms. The second kappa shape index (κ2) is 7.42. The third-order valence-electron chi connectivity index (χ3n) is 5.10. The van der Waals surface area contributed by atoms with Crippen LogP contribution in [0.25, 0.3) is 0 Å². The van der Waals surface area contributed by atoms with Gasteiger partial charge >= 0.3 is 0 Å². The fourth-order valence-corrected chi connectivity index (χ4v) is 3.64. The van der Waals surface area contributed by atoms with E-state index in [9.17, 15) is 0 Å². The van der Waals surface area contributed by atoms with E-state index in [1.807, 2.05) is 0 Å². The average molecular weight is 289 g/mol. The summed E-state index contributed by atoms with van der Waals surface area (Å²) in [6.45, 7) is 7.44. The lowest BCUT2D eigenvalue weighted by Gasteiger charge is -2.45. The summed E-state index contributed by atoms with van der Waals surface area (Å²) < 4.78 is 6.31. The molecule has 0 saturated heterocycles. The van der Waals surface area contributed by atoms with E-state index in [4.69, 9.17) is 4.74 Å². The molecular formula is C19H31NO. The van der Waals surface area contributed by atoms with Crippen LogP contribution >= 0.6 is 0 Å². The van der Waals surface area contributed by atoms with Crippen LogP contribution in [0, 0.1) is 12.8 Å². The molecule has 0 spiro atoms. The van der Waals surface area contributed by atoms with Gasteiger partial charge in [0.2, 0.25) is 0 Å². The molecule has 1 aliphatic rings. The Morgan fingerprint density at radius 2 is 1.86 bits per heavy atom. The van der Waals surface area contributed by atoms with Crippen LogP contribution in [0.5, 0.6) is 0 Å². The summed E-state index contributed by atoms with van der Waals surface area (Å²) in [6.07, 6.45) is 5.97. The largest absolute Gasteiger partial charge is 0.374 e. The Morgan fingerprint density at radius 1 is 1.24 bits per heavy atom. The van der Waals surface area contributed by atoms with Gasteiger partial charge in [0.05, 0.1) is 5.60 Å². The van der Waals surface area contributed by atoms with E-state index >= 15 is 0 Å². The number of hydrogen-bond acceptors (Lipinski definition) is 2. The number of nitrogens with one attached hydrogen (secondary N) is 1. The van der Waals surface area contributed by atoms with Gasteiger partial charge in [-0.3, -0.25) is 0 Å². The first-order chi connectivity index (χ1) is 10.1. The highest BCUT2D eigenvalue weighted by Crippen LogP contribution is 2.38. The van der Waals surface area contributed by atoms with E-state index in [0.717, 1.165) is 18.9 Å². The Labute approximate surface area is 130 Å². The number of likely N-dealkylation sites (N-methyl/N-ethyl adjacent to an activating group) is 1. The first-order valence-electron chi connectivity index (χ1n) is 8.46. The maximum Gasteiger partial charge on any atom is 0.0837 e. The highest BCUT2D eigenvalue weighted by Gasteiger charge is 2.41. The summed E-state index contributed by atoms with van der Waals surface area (Å²) in [4.78, 5) is 0. The summed E-state index contributed by atoms with van der Waals surface area (Å²) in [5.41, 5.74) is 2.74. The minimum Gasteiger partial charge on any atom is -0.374 e. The first-order valence-corrected chi connectivity index (χ1v) is 8.46. The lowest BCUT2D eigenvalue weighted by Crippen LogP contribution is -2.54. The minimum atomic E-state index is 0.0148. The molecule has 1 N–H and O–H groups in total. The molecule has 1 aromatic rings.